The van der Waals surface area contributed by atoms with Crippen LogP contribution in [0.1, 0.15) is 42.0 Å². The molecule has 0 bridgehead atoms. The van der Waals surface area contributed by atoms with Crippen molar-refractivity contribution in [1.82, 2.24) is 0 Å². The number of nitrogens with zero attached hydrogens (tertiary/aromatic N) is 1. The lowest BCUT2D eigenvalue weighted by molar-refractivity contribution is 0.000908. The predicted molar refractivity (Wildman–Crippen MR) is 73.1 cm³/mol. The molecule has 4 nitrogen and oxygen atoms in total. The van der Waals surface area contributed by atoms with Gasteiger partial charge in [-0.05, 0) is 49.4 Å². The molecule has 0 saturated carbocycles. The highest BCUT2D eigenvalue weighted by Gasteiger charge is 2.35. The molecule has 1 saturated heterocycles. The fourth-order valence-electron chi connectivity index (χ4n) is 3.01. The maximum absolute atomic E-state index is 13.6. The summed E-state index contributed by atoms with van der Waals surface area (Å²) in [5.41, 5.74) is 2.38. The van der Waals surface area contributed by atoms with E-state index in [0.29, 0.717) is 13.2 Å². The first-order valence-corrected chi connectivity index (χ1v) is 6.83. The Hall–Kier alpha value is -1.40. The maximum Gasteiger partial charge on any atom is 0.570 e. The normalized spacial score (nSPS) is 25.1. The number of rotatable bonds is 2. The predicted octanol–water partition coefficient (Wildman–Crippen LogP) is 2.05. The Kier molecular flexibility index (Phi) is 3.76. The molecule has 2 aliphatic rings. The molecular weight excluding hydrogens is 260 g/mol. The summed E-state index contributed by atoms with van der Waals surface area (Å²) in [6.45, 7) is 2.59. The molecule has 2 aliphatic heterocycles. The van der Waals surface area contributed by atoms with E-state index in [9.17, 15) is 4.39 Å². The van der Waals surface area contributed by atoms with Crippen molar-refractivity contribution in [2.75, 3.05) is 6.61 Å². The largest absolute Gasteiger partial charge is 0.570 e. The fourth-order valence-corrected chi connectivity index (χ4v) is 3.01. The Balaban J connectivity index is 2.00. The average Bonchev–Trinajstić information content (AvgIpc) is 2.79. The zero-order valence-electron chi connectivity index (χ0n) is 11.3. The van der Waals surface area contributed by atoms with Gasteiger partial charge in [-0.3, -0.25) is 0 Å². The lowest BCUT2D eigenvalue weighted by atomic mass is 9.92. The van der Waals surface area contributed by atoms with Crippen LogP contribution in [-0.2, 0) is 9.39 Å². The first-order chi connectivity index (χ1) is 9.70. The topological polar surface area (TPSA) is 51.0 Å². The Morgan fingerprint density at radius 2 is 2.30 bits per heavy atom. The Bertz CT molecular complexity index is 543. The minimum Gasteiger partial charge on any atom is -0.523 e. The number of ether oxygens (including phenoxy) is 1. The molecule has 1 N–H and O–H groups in total. The number of halogens is 1. The van der Waals surface area contributed by atoms with Gasteiger partial charge in [0.05, 0.1) is 6.10 Å². The molecule has 0 amide bonds. The number of aryl methyl sites for hydroxylation is 1. The van der Waals surface area contributed by atoms with Gasteiger partial charge in [-0.1, -0.05) is 0 Å². The minimum absolute atomic E-state index is 0.00791. The van der Waals surface area contributed by atoms with E-state index in [1.807, 2.05) is 6.92 Å². The standard InChI is InChI=1S/C14H16BFNO3/c1-8-6-9(16)7-10-12(8)13(17-14(10)20-15-18)11-4-2-3-5-19-11/h6-7,11,13,18H,2-5H2,1H3. The van der Waals surface area contributed by atoms with Gasteiger partial charge in [-0.2, -0.15) is 0 Å². The van der Waals surface area contributed by atoms with E-state index in [1.165, 1.54) is 12.1 Å². The van der Waals surface area contributed by atoms with Crippen molar-refractivity contribution in [1.29, 1.82) is 0 Å². The third kappa shape index (κ3) is 2.34. The van der Waals surface area contributed by atoms with Gasteiger partial charge < -0.3 is 14.4 Å². The summed E-state index contributed by atoms with van der Waals surface area (Å²) in [5, 5.41) is 8.83. The summed E-state index contributed by atoms with van der Waals surface area (Å²) in [4.78, 5) is 4.48. The molecule has 6 heteroatoms. The van der Waals surface area contributed by atoms with Gasteiger partial charge in [0.25, 0.3) is 0 Å². The quantitative estimate of drug-likeness (QED) is 0.841. The van der Waals surface area contributed by atoms with Crippen LogP contribution in [0.25, 0.3) is 0 Å². The Labute approximate surface area is 117 Å². The lowest BCUT2D eigenvalue weighted by Gasteiger charge is -2.27. The van der Waals surface area contributed by atoms with Gasteiger partial charge in [0.1, 0.15) is 11.9 Å². The molecule has 1 fully saturated rings. The third-order valence-electron chi connectivity index (χ3n) is 3.87. The molecule has 1 aromatic carbocycles. The smallest absolute Gasteiger partial charge is 0.523 e. The van der Waals surface area contributed by atoms with Crippen molar-refractivity contribution in [2.24, 2.45) is 4.99 Å². The van der Waals surface area contributed by atoms with Crippen molar-refractivity contribution in [3.05, 3.63) is 34.6 Å². The summed E-state index contributed by atoms with van der Waals surface area (Å²) in [6, 6.07) is 2.71. The van der Waals surface area contributed by atoms with Crippen LogP contribution in [0.15, 0.2) is 17.1 Å². The van der Waals surface area contributed by atoms with Gasteiger partial charge in [-0.15, -0.1) is 0 Å². The van der Waals surface area contributed by atoms with E-state index in [-0.39, 0.29) is 23.9 Å². The van der Waals surface area contributed by atoms with Gasteiger partial charge in [0.15, 0.2) is 0 Å². The van der Waals surface area contributed by atoms with Gasteiger partial charge in [0.2, 0.25) is 5.90 Å². The molecule has 2 atom stereocenters. The minimum atomic E-state index is -0.333. The number of aliphatic imine (C=N–C) groups is 1. The summed E-state index contributed by atoms with van der Waals surface area (Å²) in [6.07, 6.45) is 3.09. The highest BCUT2D eigenvalue weighted by atomic mass is 19.1. The molecule has 3 rings (SSSR count). The first-order valence-electron chi connectivity index (χ1n) is 6.83. The van der Waals surface area contributed by atoms with Crippen molar-refractivity contribution in [3.8, 4) is 0 Å². The molecule has 0 aromatic heterocycles. The van der Waals surface area contributed by atoms with Crippen LogP contribution in [0.3, 0.4) is 0 Å². The van der Waals surface area contributed by atoms with Gasteiger partial charge in [0, 0.05) is 12.2 Å². The van der Waals surface area contributed by atoms with Crippen LogP contribution in [0.5, 0.6) is 0 Å². The lowest BCUT2D eigenvalue weighted by Crippen LogP contribution is -2.25. The number of hydrogen-bond donors (Lipinski definition) is 1. The van der Waals surface area contributed by atoms with E-state index in [4.69, 9.17) is 14.4 Å². The summed E-state index contributed by atoms with van der Waals surface area (Å²) in [7, 11) is 0.576. The number of hydrogen-bond acceptors (Lipinski definition) is 4. The number of benzene rings is 1. The van der Waals surface area contributed by atoms with E-state index in [2.05, 4.69) is 4.99 Å². The molecule has 1 aromatic rings. The average molecular weight is 276 g/mol. The molecule has 20 heavy (non-hydrogen) atoms. The monoisotopic (exact) mass is 276 g/mol. The molecule has 0 spiro atoms. The third-order valence-corrected chi connectivity index (χ3v) is 3.87. The summed E-state index contributed by atoms with van der Waals surface area (Å²) >= 11 is 0. The van der Waals surface area contributed by atoms with Crippen LogP contribution in [-0.4, -0.2) is 31.3 Å². The van der Waals surface area contributed by atoms with E-state index < -0.39 is 0 Å². The zero-order valence-corrected chi connectivity index (χ0v) is 11.3. The summed E-state index contributed by atoms with van der Waals surface area (Å²) < 4.78 is 24.4. The molecule has 105 valence electrons. The van der Waals surface area contributed by atoms with E-state index in [1.54, 1.807) is 0 Å². The molecule has 1 radical (unpaired) electrons. The molecule has 0 aliphatic carbocycles. The van der Waals surface area contributed by atoms with Crippen molar-refractivity contribution >= 4 is 13.6 Å². The molecule has 2 unspecified atom stereocenters. The summed E-state index contributed by atoms with van der Waals surface area (Å²) in [5.74, 6) is -0.0787. The van der Waals surface area contributed by atoms with Crippen LogP contribution in [0.4, 0.5) is 4.39 Å². The first kappa shape index (κ1) is 13.6. The second kappa shape index (κ2) is 5.54. The van der Waals surface area contributed by atoms with Crippen LogP contribution in [0.2, 0.25) is 0 Å². The highest BCUT2D eigenvalue weighted by Crippen LogP contribution is 2.39. The van der Waals surface area contributed by atoms with Crippen molar-refractivity contribution in [2.45, 2.75) is 38.3 Å². The SMILES string of the molecule is Cc1cc(F)cc2c1C(C1CCCCO1)N=C2O[B]O. The van der Waals surface area contributed by atoms with E-state index >= 15 is 0 Å². The fraction of sp³-hybridized carbons (Fsp3) is 0.500. The van der Waals surface area contributed by atoms with Gasteiger partial charge >= 0.3 is 7.69 Å². The van der Waals surface area contributed by atoms with Crippen LogP contribution in [0, 0.1) is 12.7 Å². The van der Waals surface area contributed by atoms with E-state index in [0.717, 1.165) is 37.0 Å². The second-order valence-electron chi connectivity index (χ2n) is 5.19. The molecule has 2 heterocycles. The highest BCUT2D eigenvalue weighted by molar-refractivity contribution is 6.23. The van der Waals surface area contributed by atoms with Crippen molar-refractivity contribution < 1.29 is 18.8 Å². The van der Waals surface area contributed by atoms with Crippen molar-refractivity contribution in [3.63, 3.8) is 0 Å². The van der Waals surface area contributed by atoms with Gasteiger partial charge in [-0.25, -0.2) is 9.38 Å². The second-order valence-corrected chi connectivity index (χ2v) is 5.19. The van der Waals surface area contributed by atoms with Crippen LogP contribution >= 0.6 is 0 Å². The van der Waals surface area contributed by atoms with Crippen LogP contribution < -0.4 is 0 Å². The Morgan fingerprint density at radius 3 is 3.00 bits per heavy atom. The zero-order chi connectivity index (χ0) is 14.1. The maximum atomic E-state index is 13.6. The number of fused-ring (bicyclic) bond motifs is 1. The molecular formula is C14H16BFNO3. The Morgan fingerprint density at radius 1 is 1.45 bits per heavy atom.